The maximum atomic E-state index is 2.53. The summed E-state index contributed by atoms with van der Waals surface area (Å²) in [4.78, 5) is 2.52. The van der Waals surface area contributed by atoms with Gasteiger partial charge >= 0.3 is 0 Å². The second kappa shape index (κ2) is 13.2. The van der Waals surface area contributed by atoms with Crippen LogP contribution in [0.2, 0.25) is 0 Å². The SMILES string of the molecule is CC12C(=CC=CC1c1ccccc1N(c1cccc(-c3cccc4c3sc3ccccc34)c1)c1ccc3ccccc3c1)C=CC=C2C1CCCCC1. The molecule has 1 nitrogen and oxygen atoms in total. The number of rotatable bonds is 6. The average Bonchev–Trinajstić information content (AvgIpc) is 3.60. The van der Waals surface area contributed by atoms with Gasteiger partial charge in [-0.2, -0.15) is 0 Å². The molecule has 0 aliphatic heterocycles. The highest BCUT2D eigenvalue weighted by Gasteiger charge is 2.45. The van der Waals surface area contributed by atoms with Gasteiger partial charge in [-0.15, -0.1) is 11.3 Å². The monoisotopic (exact) mass is 701 g/mol. The standard InChI is InChI=1S/C51H43NS/c1-51-39(20-12-27-46(51)36-16-3-2-4-17-36)21-13-28-47(51)45-24-7-9-29-48(45)52(41-32-31-35-15-5-6-18-37(35)33-41)40-22-11-19-38(34-40)42-25-14-26-44-43-23-8-10-30-49(43)53-50(42)44/h5-15,18-34,36,47H,2-4,16-17H2,1H3. The Morgan fingerprint density at radius 2 is 1.42 bits per heavy atom. The van der Waals surface area contributed by atoms with Crippen molar-refractivity contribution in [3.63, 3.8) is 0 Å². The first-order chi connectivity index (χ1) is 26.2. The summed E-state index contributed by atoms with van der Waals surface area (Å²) in [7, 11) is 0. The molecule has 3 aliphatic carbocycles. The molecule has 258 valence electrons. The van der Waals surface area contributed by atoms with E-state index in [1.807, 2.05) is 11.3 Å². The van der Waals surface area contributed by atoms with Crippen LogP contribution in [0, 0.1) is 11.3 Å². The number of thiophene rings is 1. The highest BCUT2D eigenvalue weighted by molar-refractivity contribution is 7.26. The summed E-state index contributed by atoms with van der Waals surface area (Å²) in [5.41, 5.74) is 10.4. The van der Waals surface area contributed by atoms with Crippen molar-refractivity contribution < 1.29 is 0 Å². The molecule has 0 spiro atoms. The average molecular weight is 702 g/mol. The lowest BCUT2D eigenvalue weighted by atomic mass is 9.57. The maximum absolute atomic E-state index is 2.53. The summed E-state index contributed by atoms with van der Waals surface area (Å²) in [6.07, 6.45) is 20.9. The van der Waals surface area contributed by atoms with E-state index in [1.54, 1.807) is 5.57 Å². The van der Waals surface area contributed by atoms with Crippen LogP contribution in [0.3, 0.4) is 0 Å². The van der Waals surface area contributed by atoms with Crippen molar-refractivity contribution in [1.82, 2.24) is 0 Å². The lowest BCUT2D eigenvalue weighted by Gasteiger charge is -2.47. The summed E-state index contributed by atoms with van der Waals surface area (Å²) in [6, 6.07) is 49.7. The first-order valence-corrected chi connectivity index (χ1v) is 20.1. The Balaban J connectivity index is 1.16. The van der Waals surface area contributed by atoms with Gasteiger partial charge in [0.2, 0.25) is 0 Å². The second-order valence-corrected chi connectivity index (χ2v) is 16.3. The summed E-state index contributed by atoms with van der Waals surface area (Å²) >= 11 is 1.90. The molecule has 7 aromatic rings. The van der Waals surface area contributed by atoms with E-state index in [2.05, 4.69) is 182 Å². The number of hydrogen-bond donors (Lipinski definition) is 0. The minimum absolute atomic E-state index is 0.116. The number of nitrogens with zero attached hydrogens (tertiary/aromatic N) is 1. The Hall–Kier alpha value is -5.44. The van der Waals surface area contributed by atoms with E-state index in [0.29, 0.717) is 5.92 Å². The molecule has 0 amide bonds. The molecule has 0 saturated heterocycles. The number of benzene rings is 6. The van der Waals surface area contributed by atoms with Gasteiger partial charge in [-0.3, -0.25) is 0 Å². The molecule has 0 radical (unpaired) electrons. The maximum Gasteiger partial charge on any atom is 0.0500 e. The zero-order valence-corrected chi connectivity index (χ0v) is 31.0. The number of hydrogen-bond acceptors (Lipinski definition) is 2. The Bertz CT molecular complexity index is 2640. The van der Waals surface area contributed by atoms with Crippen LogP contribution >= 0.6 is 11.3 Å². The van der Waals surface area contributed by atoms with E-state index in [1.165, 1.54) is 96.7 Å². The first-order valence-electron chi connectivity index (χ1n) is 19.3. The van der Waals surface area contributed by atoms with Gasteiger partial charge in [0.25, 0.3) is 0 Å². The van der Waals surface area contributed by atoms with Crippen LogP contribution in [0.1, 0.15) is 50.5 Å². The van der Waals surface area contributed by atoms with Crippen LogP contribution < -0.4 is 4.90 Å². The molecule has 0 N–H and O–H groups in total. The molecule has 10 rings (SSSR count). The van der Waals surface area contributed by atoms with Gasteiger partial charge in [-0.1, -0.05) is 165 Å². The first kappa shape index (κ1) is 32.2. The molecule has 2 unspecified atom stereocenters. The molecule has 0 bridgehead atoms. The van der Waals surface area contributed by atoms with E-state index >= 15 is 0 Å². The molecule has 1 heterocycles. The molecule has 3 aliphatic rings. The third kappa shape index (κ3) is 5.42. The number of fused-ring (bicyclic) bond motifs is 5. The minimum Gasteiger partial charge on any atom is -0.310 e. The van der Waals surface area contributed by atoms with Crippen LogP contribution in [0.25, 0.3) is 42.1 Å². The van der Waals surface area contributed by atoms with Gasteiger partial charge in [0.1, 0.15) is 0 Å². The van der Waals surface area contributed by atoms with Crippen molar-refractivity contribution in [2.75, 3.05) is 4.90 Å². The molecule has 1 saturated carbocycles. The van der Waals surface area contributed by atoms with Gasteiger partial charge in [-0.25, -0.2) is 0 Å². The van der Waals surface area contributed by atoms with E-state index in [4.69, 9.17) is 0 Å². The fourth-order valence-corrected chi connectivity index (χ4v) is 10.9. The largest absolute Gasteiger partial charge is 0.310 e. The molecule has 6 aromatic carbocycles. The third-order valence-corrected chi connectivity index (χ3v) is 13.5. The van der Waals surface area contributed by atoms with Crippen molar-refractivity contribution in [3.8, 4) is 11.1 Å². The zero-order chi connectivity index (χ0) is 35.4. The van der Waals surface area contributed by atoms with Crippen molar-refractivity contribution in [2.45, 2.75) is 44.9 Å². The topological polar surface area (TPSA) is 3.24 Å². The van der Waals surface area contributed by atoms with Crippen LogP contribution in [0.15, 0.2) is 181 Å². The Labute approximate surface area is 316 Å². The molecule has 1 aromatic heterocycles. The van der Waals surface area contributed by atoms with E-state index in [-0.39, 0.29) is 11.3 Å². The van der Waals surface area contributed by atoms with Gasteiger partial charge in [0.05, 0.1) is 0 Å². The predicted octanol–water partition coefficient (Wildman–Crippen LogP) is 15.0. The summed E-state index contributed by atoms with van der Waals surface area (Å²) in [6.45, 7) is 2.53. The van der Waals surface area contributed by atoms with Crippen LogP contribution in [0.5, 0.6) is 0 Å². The van der Waals surface area contributed by atoms with Gasteiger partial charge in [0, 0.05) is 48.6 Å². The van der Waals surface area contributed by atoms with Crippen molar-refractivity contribution in [3.05, 3.63) is 187 Å². The lowest BCUT2D eigenvalue weighted by Crippen LogP contribution is -2.36. The zero-order valence-electron chi connectivity index (χ0n) is 30.2. The Morgan fingerprint density at radius 1 is 0.642 bits per heavy atom. The molecular formula is C51H43NS. The molecule has 1 fully saturated rings. The van der Waals surface area contributed by atoms with Gasteiger partial charge < -0.3 is 4.90 Å². The van der Waals surface area contributed by atoms with Crippen molar-refractivity contribution in [2.24, 2.45) is 11.3 Å². The quantitative estimate of drug-likeness (QED) is 0.167. The van der Waals surface area contributed by atoms with Gasteiger partial charge in [-0.05, 0) is 88.2 Å². The highest BCUT2D eigenvalue weighted by atomic mass is 32.1. The van der Waals surface area contributed by atoms with Crippen LogP contribution in [0.4, 0.5) is 17.1 Å². The Kier molecular flexibility index (Phi) is 8.03. The fourth-order valence-electron chi connectivity index (χ4n) is 9.69. The third-order valence-electron chi connectivity index (χ3n) is 12.3. The number of allylic oxidation sites excluding steroid dienone is 8. The van der Waals surface area contributed by atoms with Gasteiger partial charge in [0.15, 0.2) is 0 Å². The molecular weight excluding hydrogens is 659 g/mol. The van der Waals surface area contributed by atoms with Crippen LogP contribution in [-0.4, -0.2) is 0 Å². The summed E-state index contributed by atoms with van der Waals surface area (Å²) in [5.74, 6) is 0.823. The summed E-state index contributed by atoms with van der Waals surface area (Å²) < 4.78 is 2.68. The summed E-state index contributed by atoms with van der Waals surface area (Å²) in [5, 5.41) is 5.16. The van der Waals surface area contributed by atoms with E-state index in [0.717, 1.165) is 5.69 Å². The molecule has 53 heavy (non-hydrogen) atoms. The van der Waals surface area contributed by atoms with Crippen molar-refractivity contribution in [1.29, 1.82) is 0 Å². The molecule has 2 atom stereocenters. The second-order valence-electron chi connectivity index (χ2n) is 15.3. The van der Waals surface area contributed by atoms with E-state index < -0.39 is 0 Å². The normalized spacial score (nSPS) is 20.1. The highest BCUT2D eigenvalue weighted by Crippen LogP contribution is 2.58. The number of anilines is 3. The number of para-hydroxylation sites is 1. The van der Waals surface area contributed by atoms with E-state index in [9.17, 15) is 0 Å². The fraction of sp³-hybridized carbons (Fsp3) is 0.176. The van der Waals surface area contributed by atoms with Crippen LogP contribution in [-0.2, 0) is 0 Å². The molecule has 2 heteroatoms. The predicted molar refractivity (Wildman–Crippen MR) is 229 cm³/mol. The minimum atomic E-state index is -0.116. The smallest absolute Gasteiger partial charge is 0.0500 e. The van der Waals surface area contributed by atoms with Crippen molar-refractivity contribution >= 4 is 59.3 Å². The lowest BCUT2D eigenvalue weighted by molar-refractivity contribution is 0.317. The Morgan fingerprint density at radius 3 is 2.34 bits per heavy atom.